The van der Waals surface area contributed by atoms with Gasteiger partial charge >= 0.3 is 5.97 Å². The summed E-state index contributed by atoms with van der Waals surface area (Å²) >= 11 is 1.64. The van der Waals surface area contributed by atoms with E-state index >= 15 is 0 Å². The highest BCUT2D eigenvalue weighted by Gasteiger charge is 2.10. The Bertz CT molecular complexity index is 420. The zero-order valence-electron chi connectivity index (χ0n) is 10.2. The fourth-order valence-electron chi connectivity index (χ4n) is 1.90. The number of hydrogen-bond acceptors (Lipinski definition) is 4. The van der Waals surface area contributed by atoms with E-state index in [9.17, 15) is 4.79 Å². The van der Waals surface area contributed by atoms with E-state index in [4.69, 9.17) is 9.84 Å². The first-order chi connectivity index (χ1) is 8.74. The van der Waals surface area contributed by atoms with Crippen LogP contribution in [0.15, 0.2) is 18.2 Å². The second-order valence-corrected chi connectivity index (χ2v) is 5.42. The number of rotatable bonds is 4. The van der Waals surface area contributed by atoms with Crippen LogP contribution in [0.2, 0.25) is 0 Å². The highest BCUT2D eigenvalue weighted by molar-refractivity contribution is 7.12. The lowest BCUT2D eigenvalue weighted by molar-refractivity contribution is -0.131. The molecule has 98 valence electrons. The molecule has 5 heteroatoms. The molecule has 0 saturated carbocycles. The van der Waals surface area contributed by atoms with Gasteiger partial charge in [0, 0.05) is 42.1 Å². The van der Waals surface area contributed by atoms with Crippen LogP contribution < -0.4 is 0 Å². The molecule has 1 fully saturated rings. The molecular weight excluding hydrogens is 250 g/mol. The summed E-state index contributed by atoms with van der Waals surface area (Å²) in [4.78, 5) is 15.1. The van der Waals surface area contributed by atoms with Crippen molar-refractivity contribution in [3.05, 3.63) is 28.0 Å². The van der Waals surface area contributed by atoms with Crippen LogP contribution in [-0.4, -0.2) is 42.3 Å². The SMILES string of the molecule is O=C(O)/C=C/c1ccc(CN2CCCOCC2)s1. The van der Waals surface area contributed by atoms with Crippen molar-refractivity contribution in [3.63, 3.8) is 0 Å². The molecule has 1 aliphatic heterocycles. The van der Waals surface area contributed by atoms with Crippen LogP contribution in [-0.2, 0) is 16.1 Å². The number of nitrogens with zero attached hydrogens (tertiary/aromatic N) is 1. The molecule has 1 aromatic rings. The number of carboxylic acid groups (broad SMARTS) is 1. The van der Waals surface area contributed by atoms with E-state index in [1.54, 1.807) is 17.4 Å². The van der Waals surface area contributed by atoms with Gasteiger partial charge in [0.25, 0.3) is 0 Å². The Labute approximate surface area is 110 Å². The van der Waals surface area contributed by atoms with Crippen LogP contribution in [0.25, 0.3) is 6.08 Å². The summed E-state index contributed by atoms with van der Waals surface area (Å²) < 4.78 is 5.42. The molecule has 1 saturated heterocycles. The molecule has 2 heterocycles. The maximum atomic E-state index is 10.4. The molecule has 0 spiro atoms. The molecule has 0 unspecified atom stereocenters. The van der Waals surface area contributed by atoms with Crippen molar-refractivity contribution in [2.24, 2.45) is 0 Å². The number of carbonyl (C=O) groups is 1. The number of aliphatic carboxylic acids is 1. The first-order valence-electron chi connectivity index (χ1n) is 6.04. The highest BCUT2D eigenvalue weighted by Crippen LogP contribution is 2.20. The zero-order valence-corrected chi connectivity index (χ0v) is 11.0. The van der Waals surface area contributed by atoms with Gasteiger partial charge in [0.15, 0.2) is 0 Å². The molecule has 0 aromatic carbocycles. The predicted octanol–water partition coefficient (Wildman–Crippen LogP) is 2.07. The van der Waals surface area contributed by atoms with Gasteiger partial charge in [-0.3, -0.25) is 4.90 Å². The number of hydrogen-bond donors (Lipinski definition) is 1. The molecule has 4 nitrogen and oxygen atoms in total. The Morgan fingerprint density at radius 2 is 2.33 bits per heavy atom. The predicted molar refractivity (Wildman–Crippen MR) is 71.7 cm³/mol. The summed E-state index contributed by atoms with van der Waals surface area (Å²) in [6.07, 6.45) is 3.90. The van der Waals surface area contributed by atoms with E-state index in [0.29, 0.717) is 0 Å². The van der Waals surface area contributed by atoms with Crippen LogP contribution >= 0.6 is 11.3 Å². The third-order valence-electron chi connectivity index (χ3n) is 2.77. The number of thiophene rings is 1. The average Bonchev–Trinajstić information content (AvgIpc) is 2.62. The minimum Gasteiger partial charge on any atom is -0.478 e. The first-order valence-corrected chi connectivity index (χ1v) is 6.85. The molecule has 1 aliphatic rings. The largest absolute Gasteiger partial charge is 0.478 e. The molecule has 2 rings (SSSR count). The average molecular weight is 267 g/mol. The maximum absolute atomic E-state index is 10.4. The molecule has 0 aliphatic carbocycles. The summed E-state index contributed by atoms with van der Waals surface area (Å²) in [5.41, 5.74) is 0. The molecule has 0 radical (unpaired) electrons. The van der Waals surface area contributed by atoms with E-state index in [1.807, 2.05) is 6.07 Å². The normalized spacial score (nSPS) is 18.0. The maximum Gasteiger partial charge on any atom is 0.328 e. The summed E-state index contributed by atoms with van der Waals surface area (Å²) in [5, 5.41) is 8.57. The minimum atomic E-state index is -0.908. The lowest BCUT2D eigenvalue weighted by Crippen LogP contribution is -2.25. The van der Waals surface area contributed by atoms with E-state index in [2.05, 4.69) is 11.0 Å². The summed E-state index contributed by atoms with van der Waals surface area (Å²) in [6, 6.07) is 4.03. The topological polar surface area (TPSA) is 49.8 Å². The van der Waals surface area contributed by atoms with Crippen molar-refractivity contribution in [2.75, 3.05) is 26.3 Å². The smallest absolute Gasteiger partial charge is 0.328 e. The standard InChI is InChI=1S/C13H17NO3S/c15-13(16)5-4-11-2-3-12(18-11)10-14-6-1-8-17-9-7-14/h2-5H,1,6-10H2,(H,15,16)/b5-4+. The molecule has 1 N–H and O–H groups in total. The van der Waals surface area contributed by atoms with Gasteiger partial charge in [0.2, 0.25) is 0 Å². The van der Waals surface area contributed by atoms with E-state index < -0.39 is 5.97 Å². The van der Waals surface area contributed by atoms with Gasteiger partial charge < -0.3 is 9.84 Å². The van der Waals surface area contributed by atoms with Crippen molar-refractivity contribution in [2.45, 2.75) is 13.0 Å². The van der Waals surface area contributed by atoms with Gasteiger partial charge in [-0.05, 0) is 24.6 Å². The monoisotopic (exact) mass is 267 g/mol. The Kier molecular flexibility index (Phi) is 4.92. The minimum absolute atomic E-state index is 0.803. The molecule has 0 amide bonds. The first kappa shape index (κ1) is 13.3. The Hall–Kier alpha value is -1.17. The Morgan fingerprint density at radius 1 is 1.44 bits per heavy atom. The van der Waals surface area contributed by atoms with Gasteiger partial charge in [-0.2, -0.15) is 0 Å². The Morgan fingerprint density at radius 3 is 3.17 bits per heavy atom. The molecule has 0 bridgehead atoms. The third kappa shape index (κ3) is 4.25. The van der Waals surface area contributed by atoms with E-state index in [-0.39, 0.29) is 0 Å². The van der Waals surface area contributed by atoms with Crippen LogP contribution in [0.1, 0.15) is 16.2 Å². The Balaban J connectivity index is 1.91. The second-order valence-electron chi connectivity index (χ2n) is 4.22. The third-order valence-corrected chi connectivity index (χ3v) is 3.80. The number of ether oxygens (including phenoxy) is 1. The van der Waals surface area contributed by atoms with E-state index in [1.165, 1.54) is 11.0 Å². The van der Waals surface area contributed by atoms with Gasteiger partial charge in [-0.25, -0.2) is 4.79 Å². The van der Waals surface area contributed by atoms with Crippen molar-refractivity contribution in [3.8, 4) is 0 Å². The van der Waals surface area contributed by atoms with Crippen molar-refractivity contribution in [1.82, 2.24) is 4.90 Å². The molecule has 18 heavy (non-hydrogen) atoms. The lowest BCUT2D eigenvalue weighted by Gasteiger charge is -2.17. The quantitative estimate of drug-likeness (QED) is 0.848. The fraction of sp³-hybridized carbons (Fsp3) is 0.462. The van der Waals surface area contributed by atoms with Crippen LogP contribution in [0.4, 0.5) is 0 Å². The van der Waals surface area contributed by atoms with Crippen molar-refractivity contribution >= 4 is 23.4 Å². The van der Waals surface area contributed by atoms with Gasteiger partial charge in [0.1, 0.15) is 0 Å². The summed E-state index contributed by atoms with van der Waals surface area (Å²) in [6.45, 7) is 4.62. The van der Waals surface area contributed by atoms with Crippen LogP contribution in [0.3, 0.4) is 0 Å². The van der Waals surface area contributed by atoms with Gasteiger partial charge in [-0.15, -0.1) is 11.3 Å². The zero-order chi connectivity index (χ0) is 12.8. The molecular formula is C13H17NO3S. The lowest BCUT2D eigenvalue weighted by atomic mass is 10.3. The summed E-state index contributed by atoms with van der Waals surface area (Å²) in [7, 11) is 0. The van der Waals surface area contributed by atoms with Gasteiger partial charge in [-0.1, -0.05) is 0 Å². The summed E-state index contributed by atoms with van der Waals surface area (Å²) in [5.74, 6) is -0.908. The number of carboxylic acids is 1. The van der Waals surface area contributed by atoms with Crippen molar-refractivity contribution < 1.29 is 14.6 Å². The highest BCUT2D eigenvalue weighted by atomic mass is 32.1. The van der Waals surface area contributed by atoms with Crippen LogP contribution in [0.5, 0.6) is 0 Å². The van der Waals surface area contributed by atoms with E-state index in [0.717, 1.165) is 44.1 Å². The fourth-order valence-corrected chi connectivity index (χ4v) is 2.86. The molecule has 1 aromatic heterocycles. The molecule has 0 atom stereocenters. The second kappa shape index (κ2) is 6.68. The van der Waals surface area contributed by atoms with Crippen molar-refractivity contribution in [1.29, 1.82) is 0 Å². The van der Waals surface area contributed by atoms with Gasteiger partial charge in [0.05, 0.1) is 6.61 Å². The van der Waals surface area contributed by atoms with Crippen LogP contribution in [0, 0.1) is 0 Å².